The maximum atomic E-state index is 11.2. The van der Waals surface area contributed by atoms with Crippen molar-refractivity contribution in [2.45, 2.75) is 24.3 Å². The Bertz CT molecular complexity index is 483. The van der Waals surface area contributed by atoms with Crippen LogP contribution in [0.2, 0.25) is 0 Å². The molecule has 0 aliphatic heterocycles. The van der Waals surface area contributed by atoms with Gasteiger partial charge in [0.25, 0.3) is 0 Å². The molecule has 0 aliphatic rings. The highest BCUT2D eigenvalue weighted by molar-refractivity contribution is 7.90. The second kappa shape index (κ2) is 5.04. The van der Waals surface area contributed by atoms with Crippen LogP contribution in [0.4, 0.5) is 5.69 Å². The highest BCUT2D eigenvalue weighted by Crippen LogP contribution is 2.15. The van der Waals surface area contributed by atoms with Crippen LogP contribution in [0.1, 0.15) is 13.3 Å². The number of rotatable bonds is 4. The molecule has 16 heavy (non-hydrogen) atoms. The van der Waals surface area contributed by atoms with Gasteiger partial charge in [0.05, 0.1) is 10.9 Å². The molecule has 1 rings (SSSR count). The first kappa shape index (κ1) is 12.6. The SMILES string of the molecule is C#CC(CC)Nc1ccc(S(C)(=O)=O)cc1. The van der Waals surface area contributed by atoms with E-state index in [1.165, 1.54) is 6.26 Å². The van der Waals surface area contributed by atoms with Gasteiger partial charge < -0.3 is 5.32 Å². The van der Waals surface area contributed by atoms with Gasteiger partial charge in [-0.05, 0) is 30.7 Å². The fraction of sp³-hybridized carbons (Fsp3) is 0.333. The van der Waals surface area contributed by atoms with Gasteiger partial charge in [0.1, 0.15) is 0 Å². The minimum atomic E-state index is -3.13. The molecule has 86 valence electrons. The van der Waals surface area contributed by atoms with Crippen molar-refractivity contribution >= 4 is 15.5 Å². The molecule has 0 heterocycles. The fourth-order valence-electron chi connectivity index (χ4n) is 1.26. The summed E-state index contributed by atoms with van der Waals surface area (Å²) in [5.74, 6) is 2.62. The van der Waals surface area contributed by atoms with Crippen molar-refractivity contribution in [3.05, 3.63) is 24.3 Å². The zero-order chi connectivity index (χ0) is 12.2. The number of anilines is 1. The summed E-state index contributed by atoms with van der Waals surface area (Å²) in [4.78, 5) is 0.312. The Balaban J connectivity index is 2.85. The molecule has 1 N–H and O–H groups in total. The zero-order valence-corrected chi connectivity index (χ0v) is 10.2. The lowest BCUT2D eigenvalue weighted by Crippen LogP contribution is -2.15. The normalized spacial score (nSPS) is 12.8. The topological polar surface area (TPSA) is 46.2 Å². The predicted octanol–water partition coefficient (Wildman–Crippen LogP) is 1.91. The summed E-state index contributed by atoms with van der Waals surface area (Å²) in [6.07, 6.45) is 7.33. The minimum absolute atomic E-state index is 0.0240. The first-order valence-corrected chi connectivity index (χ1v) is 6.89. The Labute approximate surface area is 96.8 Å². The summed E-state index contributed by atoms with van der Waals surface area (Å²) in [6.45, 7) is 1.99. The van der Waals surface area contributed by atoms with Gasteiger partial charge in [0.15, 0.2) is 9.84 Å². The molecule has 0 saturated heterocycles. The summed E-state index contributed by atoms with van der Waals surface area (Å²) in [5, 5.41) is 3.13. The van der Waals surface area contributed by atoms with Gasteiger partial charge in [-0.15, -0.1) is 6.42 Å². The molecule has 0 spiro atoms. The van der Waals surface area contributed by atoms with E-state index in [9.17, 15) is 8.42 Å². The molecule has 1 unspecified atom stereocenters. The van der Waals surface area contributed by atoms with Crippen LogP contribution in [0.15, 0.2) is 29.2 Å². The number of benzene rings is 1. The average molecular weight is 237 g/mol. The van der Waals surface area contributed by atoms with Crippen LogP contribution in [-0.4, -0.2) is 20.7 Å². The van der Waals surface area contributed by atoms with E-state index in [0.717, 1.165) is 12.1 Å². The molecule has 0 fully saturated rings. The fourth-order valence-corrected chi connectivity index (χ4v) is 1.89. The van der Waals surface area contributed by atoms with Crippen LogP contribution in [-0.2, 0) is 9.84 Å². The van der Waals surface area contributed by atoms with Gasteiger partial charge in [-0.1, -0.05) is 12.8 Å². The number of sulfone groups is 1. The van der Waals surface area contributed by atoms with Crippen molar-refractivity contribution in [2.75, 3.05) is 11.6 Å². The molecule has 0 amide bonds. The van der Waals surface area contributed by atoms with Crippen molar-refractivity contribution in [1.82, 2.24) is 0 Å². The molecule has 0 radical (unpaired) electrons. The summed E-state index contributed by atoms with van der Waals surface area (Å²) in [5.41, 5.74) is 0.831. The van der Waals surface area contributed by atoms with E-state index in [0.29, 0.717) is 4.90 Å². The Kier molecular flexibility index (Phi) is 3.97. The average Bonchev–Trinajstić information content (AvgIpc) is 2.25. The molecule has 1 aromatic rings. The molecule has 1 atom stereocenters. The lowest BCUT2D eigenvalue weighted by molar-refractivity contribution is 0.602. The molecular weight excluding hydrogens is 222 g/mol. The number of hydrogen-bond acceptors (Lipinski definition) is 3. The maximum absolute atomic E-state index is 11.2. The third-order valence-electron chi connectivity index (χ3n) is 2.23. The molecule has 0 aromatic heterocycles. The van der Waals surface area contributed by atoms with Gasteiger partial charge in [0.2, 0.25) is 0 Å². The number of nitrogens with one attached hydrogen (secondary N) is 1. The molecule has 0 aliphatic carbocycles. The van der Waals surface area contributed by atoms with Crippen LogP contribution in [0.25, 0.3) is 0 Å². The molecule has 0 bridgehead atoms. The van der Waals surface area contributed by atoms with Crippen LogP contribution in [0.3, 0.4) is 0 Å². The van der Waals surface area contributed by atoms with Crippen LogP contribution in [0, 0.1) is 12.3 Å². The summed E-state index contributed by atoms with van der Waals surface area (Å²) in [7, 11) is -3.13. The highest BCUT2D eigenvalue weighted by Gasteiger charge is 2.07. The Morgan fingerprint density at radius 1 is 1.38 bits per heavy atom. The molecular formula is C12H15NO2S. The van der Waals surface area contributed by atoms with Crippen molar-refractivity contribution in [3.63, 3.8) is 0 Å². The van der Waals surface area contributed by atoms with Gasteiger partial charge in [-0.25, -0.2) is 8.42 Å². The van der Waals surface area contributed by atoms with Crippen LogP contribution in [0.5, 0.6) is 0 Å². The first-order valence-electron chi connectivity index (χ1n) is 5.00. The number of hydrogen-bond donors (Lipinski definition) is 1. The summed E-state index contributed by atoms with van der Waals surface area (Å²) < 4.78 is 22.5. The van der Waals surface area contributed by atoms with Gasteiger partial charge in [-0.2, -0.15) is 0 Å². The smallest absolute Gasteiger partial charge is 0.175 e. The third-order valence-corrected chi connectivity index (χ3v) is 3.36. The van der Waals surface area contributed by atoms with E-state index >= 15 is 0 Å². The third kappa shape index (κ3) is 3.28. The Hall–Kier alpha value is -1.47. The van der Waals surface area contributed by atoms with Crippen molar-refractivity contribution in [1.29, 1.82) is 0 Å². The quantitative estimate of drug-likeness (QED) is 0.814. The lowest BCUT2D eigenvalue weighted by Gasteiger charge is -2.12. The molecule has 3 nitrogen and oxygen atoms in total. The van der Waals surface area contributed by atoms with Crippen LogP contribution < -0.4 is 5.32 Å². The second-order valence-corrected chi connectivity index (χ2v) is 5.58. The van der Waals surface area contributed by atoms with E-state index in [-0.39, 0.29) is 6.04 Å². The van der Waals surface area contributed by atoms with Crippen molar-refractivity contribution < 1.29 is 8.42 Å². The van der Waals surface area contributed by atoms with E-state index in [1.807, 2.05) is 6.92 Å². The molecule has 0 saturated carbocycles. The molecule has 4 heteroatoms. The monoisotopic (exact) mass is 237 g/mol. The maximum Gasteiger partial charge on any atom is 0.175 e. The van der Waals surface area contributed by atoms with E-state index in [2.05, 4.69) is 11.2 Å². The van der Waals surface area contributed by atoms with E-state index in [4.69, 9.17) is 6.42 Å². The second-order valence-electron chi connectivity index (χ2n) is 3.57. The highest BCUT2D eigenvalue weighted by atomic mass is 32.2. The van der Waals surface area contributed by atoms with Gasteiger partial charge >= 0.3 is 0 Å². The first-order chi connectivity index (χ1) is 7.47. The van der Waals surface area contributed by atoms with Crippen LogP contribution >= 0.6 is 0 Å². The van der Waals surface area contributed by atoms with Gasteiger partial charge in [0, 0.05) is 11.9 Å². The minimum Gasteiger partial charge on any atom is -0.372 e. The largest absolute Gasteiger partial charge is 0.372 e. The van der Waals surface area contributed by atoms with Gasteiger partial charge in [-0.3, -0.25) is 0 Å². The Morgan fingerprint density at radius 2 is 1.94 bits per heavy atom. The van der Waals surface area contributed by atoms with Crippen molar-refractivity contribution in [3.8, 4) is 12.3 Å². The Morgan fingerprint density at radius 3 is 2.31 bits per heavy atom. The van der Waals surface area contributed by atoms with Crippen molar-refractivity contribution in [2.24, 2.45) is 0 Å². The predicted molar refractivity (Wildman–Crippen MR) is 66.1 cm³/mol. The summed E-state index contributed by atoms with van der Waals surface area (Å²) in [6, 6.07) is 6.55. The number of terminal acetylenes is 1. The molecule has 1 aromatic carbocycles. The van der Waals surface area contributed by atoms with E-state index in [1.54, 1.807) is 24.3 Å². The lowest BCUT2D eigenvalue weighted by atomic mass is 10.2. The standard InChI is InChI=1S/C12H15NO2S/c1-4-10(5-2)13-11-6-8-12(9-7-11)16(3,14)15/h1,6-10,13H,5H2,2-3H3. The summed E-state index contributed by atoms with van der Waals surface area (Å²) >= 11 is 0. The van der Waals surface area contributed by atoms with E-state index < -0.39 is 9.84 Å². The zero-order valence-electron chi connectivity index (χ0n) is 9.40.